The van der Waals surface area contributed by atoms with Gasteiger partial charge in [-0.2, -0.15) is 0 Å². The summed E-state index contributed by atoms with van der Waals surface area (Å²) < 4.78 is 5.48. The zero-order valence-electron chi connectivity index (χ0n) is 13.5. The molecule has 0 unspecified atom stereocenters. The number of hydrogen-bond donors (Lipinski definition) is 0. The minimum Gasteiger partial charge on any atom is -0.482 e. The number of rotatable bonds is 5. The molecule has 0 aromatic carbocycles. The third-order valence-corrected chi connectivity index (χ3v) is 5.14. The topological polar surface area (TPSA) is 55.3 Å². The quantitative estimate of drug-likeness (QED) is 0.845. The summed E-state index contributed by atoms with van der Waals surface area (Å²) in [5.74, 6) is 0.938. The van der Waals surface area contributed by atoms with Gasteiger partial charge in [-0.05, 0) is 38.3 Å². The lowest BCUT2D eigenvalue weighted by atomic mass is 9.90. The second-order valence-corrected chi connectivity index (χ2v) is 7.17. The Labute approximate surface area is 140 Å². The standard InChI is InChI=1S/C17H21N3O2S/c1-12-19-17-13(5-3-7-15(17)23-12)10-20(2)16(21)11-22-14-6-4-8-18-9-14/h4,6,8-9,13H,3,5,7,10-11H2,1-2H3/t13-/m0/s1. The number of hydrogen-bond acceptors (Lipinski definition) is 5. The molecule has 0 N–H and O–H groups in total. The number of thiazole rings is 1. The van der Waals surface area contributed by atoms with Crippen LogP contribution < -0.4 is 4.74 Å². The smallest absolute Gasteiger partial charge is 0.260 e. The van der Waals surface area contributed by atoms with Gasteiger partial charge in [-0.3, -0.25) is 9.78 Å². The first-order valence-electron chi connectivity index (χ1n) is 7.86. The molecule has 2 aromatic heterocycles. The molecule has 5 nitrogen and oxygen atoms in total. The zero-order valence-corrected chi connectivity index (χ0v) is 14.3. The summed E-state index contributed by atoms with van der Waals surface area (Å²) in [6, 6.07) is 3.59. The van der Waals surface area contributed by atoms with Gasteiger partial charge in [0.25, 0.3) is 5.91 Å². The molecule has 1 aliphatic carbocycles. The van der Waals surface area contributed by atoms with E-state index in [4.69, 9.17) is 4.74 Å². The number of amides is 1. The Morgan fingerprint density at radius 1 is 1.52 bits per heavy atom. The van der Waals surface area contributed by atoms with Gasteiger partial charge in [0.15, 0.2) is 6.61 Å². The predicted molar refractivity (Wildman–Crippen MR) is 89.9 cm³/mol. The number of carbonyl (C=O) groups is 1. The van der Waals surface area contributed by atoms with E-state index in [0.29, 0.717) is 18.2 Å². The van der Waals surface area contributed by atoms with Gasteiger partial charge in [0.2, 0.25) is 0 Å². The Balaban J connectivity index is 1.56. The normalized spacial score (nSPS) is 16.7. The van der Waals surface area contributed by atoms with E-state index in [1.807, 2.05) is 7.05 Å². The van der Waals surface area contributed by atoms with Gasteiger partial charge in [0, 0.05) is 30.6 Å². The molecule has 2 heterocycles. The van der Waals surface area contributed by atoms with Gasteiger partial charge in [0.1, 0.15) is 5.75 Å². The fourth-order valence-corrected chi connectivity index (χ4v) is 3.99. The van der Waals surface area contributed by atoms with Crippen LogP contribution in [0.4, 0.5) is 0 Å². The minimum absolute atomic E-state index is 0.0204. The molecule has 3 rings (SSSR count). The lowest BCUT2D eigenvalue weighted by Gasteiger charge is -2.26. The lowest BCUT2D eigenvalue weighted by molar-refractivity contribution is -0.132. The van der Waals surface area contributed by atoms with Gasteiger partial charge in [-0.15, -0.1) is 11.3 Å². The zero-order chi connectivity index (χ0) is 16.2. The monoisotopic (exact) mass is 331 g/mol. The highest BCUT2D eigenvalue weighted by Gasteiger charge is 2.26. The Morgan fingerprint density at radius 2 is 2.39 bits per heavy atom. The number of ether oxygens (including phenoxy) is 1. The van der Waals surface area contributed by atoms with Crippen molar-refractivity contribution in [2.45, 2.75) is 32.1 Å². The fraction of sp³-hybridized carbons (Fsp3) is 0.471. The number of aromatic nitrogens is 2. The van der Waals surface area contributed by atoms with Crippen molar-refractivity contribution in [3.63, 3.8) is 0 Å². The Kier molecular flexibility index (Phi) is 4.91. The maximum Gasteiger partial charge on any atom is 0.260 e. The highest BCUT2D eigenvalue weighted by Crippen LogP contribution is 2.34. The van der Waals surface area contributed by atoms with E-state index >= 15 is 0 Å². The van der Waals surface area contributed by atoms with Crippen molar-refractivity contribution in [3.05, 3.63) is 40.1 Å². The maximum atomic E-state index is 12.3. The van der Waals surface area contributed by atoms with Crippen LogP contribution in [-0.4, -0.2) is 41.0 Å². The third kappa shape index (κ3) is 3.88. The van der Waals surface area contributed by atoms with Crippen LogP contribution in [-0.2, 0) is 11.2 Å². The van der Waals surface area contributed by atoms with Gasteiger partial charge >= 0.3 is 0 Å². The van der Waals surface area contributed by atoms with Crippen LogP contribution in [0.25, 0.3) is 0 Å². The highest BCUT2D eigenvalue weighted by molar-refractivity contribution is 7.11. The molecule has 0 aliphatic heterocycles. The Bertz CT molecular complexity index is 672. The second kappa shape index (κ2) is 7.08. The molecule has 0 saturated heterocycles. The van der Waals surface area contributed by atoms with E-state index in [0.717, 1.165) is 17.8 Å². The Hall–Kier alpha value is -1.95. The summed E-state index contributed by atoms with van der Waals surface area (Å²) in [5.41, 5.74) is 1.20. The van der Waals surface area contributed by atoms with Crippen LogP contribution in [0.2, 0.25) is 0 Å². The molecule has 1 amide bonds. The molecule has 6 heteroatoms. The number of aryl methyl sites for hydroxylation is 2. The first kappa shape index (κ1) is 15.9. The number of likely N-dealkylation sites (N-methyl/N-ethyl adjacent to an activating group) is 1. The van der Waals surface area contributed by atoms with Crippen molar-refractivity contribution in [1.82, 2.24) is 14.9 Å². The summed E-state index contributed by atoms with van der Waals surface area (Å²) in [7, 11) is 1.84. The van der Waals surface area contributed by atoms with E-state index in [9.17, 15) is 4.79 Å². The molecular weight excluding hydrogens is 310 g/mol. The molecule has 0 spiro atoms. The average molecular weight is 331 g/mol. The average Bonchev–Trinajstić information content (AvgIpc) is 2.95. The molecule has 1 atom stereocenters. The maximum absolute atomic E-state index is 12.3. The molecular formula is C17H21N3O2S. The van der Waals surface area contributed by atoms with E-state index in [-0.39, 0.29) is 12.5 Å². The van der Waals surface area contributed by atoms with Crippen LogP contribution in [0, 0.1) is 6.92 Å². The molecule has 0 saturated carbocycles. The van der Waals surface area contributed by atoms with Crippen LogP contribution in [0.1, 0.15) is 34.3 Å². The first-order valence-corrected chi connectivity index (χ1v) is 8.68. The molecule has 0 bridgehead atoms. The number of nitrogens with zero attached hydrogens (tertiary/aromatic N) is 3. The van der Waals surface area contributed by atoms with Crippen molar-refractivity contribution in [3.8, 4) is 5.75 Å². The number of carbonyl (C=O) groups excluding carboxylic acids is 1. The third-order valence-electron chi connectivity index (χ3n) is 4.09. The van der Waals surface area contributed by atoms with Gasteiger partial charge in [-0.25, -0.2) is 4.98 Å². The summed E-state index contributed by atoms with van der Waals surface area (Å²) in [6.45, 7) is 2.79. The van der Waals surface area contributed by atoms with Crippen molar-refractivity contribution >= 4 is 17.2 Å². The van der Waals surface area contributed by atoms with Crippen LogP contribution in [0.15, 0.2) is 24.5 Å². The van der Waals surface area contributed by atoms with Crippen molar-refractivity contribution in [2.75, 3.05) is 20.2 Å². The van der Waals surface area contributed by atoms with Gasteiger partial charge in [0.05, 0.1) is 16.9 Å². The molecule has 0 radical (unpaired) electrons. The molecule has 0 fully saturated rings. The van der Waals surface area contributed by atoms with Crippen molar-refractivity contribution in [1.29, 1.82) is 0 Å². The molecule has 1 aliphatic rings. The molecule has 122 valence electrons. The minimum atomic E-state index is -0.0204. The first-order chi connectivity index (χ1) is 11.1. The predicted octanol–water partition coefficient (Wildman–Crippen LogP) is 2.80. The van der Waals surface area contributed by atoms with Crippen LogP contribution >= 0.6 is 11.3 Å². The van der Waals surface area contributed by atoms with E-state index in [1.165, 1.54) is 17.0 Å². The Morgan fingerprint density at radius 3 is 3.17 bits per heavy atom. The fourth-order valence-electron chi connectivity index (χ4n) is 2.93. The SMILES string of the molecule is Cc1nc2c(s1)CCC[C@H]2CN(C)C(=O)COc1cccnc1. The van der Waals surface area contributed by atoms with Crippen molar-refractivity contribution < 1.29 is 9.53 Å². The van der Waals surface area contributed by atoms with Crippen LogP contribution in [0.3, 0.4) is 0 Å². The molecule has 23 heavy (non-hydrogen) atoms. The summed E-state index contributed by atoms with van der Waals surface area (Å²) in [6.07, 6.45) is 6.68. The summed E-state index contributed by atoms with van der Waals surface area (Å²) in [5, 5.41) is 1.12. The van der Waals surface area contributed by atoms with E-state index < -0.39 is 0 Å². The van der Waals surface area contributed by atoms with E-state index in [1.54, 1.807) is 40.8 Å². The van der Waals surface area contributed by atoms with Crippen molar-refractivity contribution in [2.24, 2.45) is 0 Å². The lowest BCUT2D eigenvalue weighted by Crippen LogP contribution is -2.35. The number of pyridine rings is 1. The second-order valence-electron chi connectivity index (χ2n) is 5.88. The summed E-state index contributed by atoms with van der Waals surface area (Å²) >= 11 is 1.79. The van der Waals surface area contributed by atoms with Crippen LogP contribution in [0.5, 0.6) is 5.75 Å². The van der Waals surface area contributed by atoms with E-state index in [2.05, 4.69) is 16.9 Å². The largest absolute Gasteiger partial charge is 0.482 e. The molecule has 2 aromatic rings. The summed E-state index contributed by atoms with van der Waals surface area (Å²) in [4.78, 5) is 24.1. The highest BCUT2D eigenvalue weighted by atomic mass is 32.1. The van der Waals surface area contributed by atoms with Gasteiger partial charge < -0.3 is 9.64 Å². The van der Waals surface area contributed by atoms with Gasteiger partial charge in [-0.1, -0.05) is 0 Å². The number of fused-ring (bicyclic) bond motifs is 1.